The van der Waals surface area contributed by atoms with E-state index in [-0.39, 0.29) is 18.1 Å². The lowest BCUT2D eigenvalue weighted by molar-refractivity contribution is -0.141. The van der Waals surface area contributed by atoms with Gasteiger partial charge in [-0.1, -0.05) is 48.5 Å². The first kappa shape index (κ1) is 15.7. The molecular weight excluding hydrogens is 306 g/mol. The third-order valence-electron chi connectivity index (χ3n) is 3.87. The molecule has 6 heteroatoms. The van der Waals surface area contributed by atoms with Crippen LogP contribution in [-0.4, -0.2) is 33.7 Å². The summed E-state index contributed by atoms with van der Waals surface area (Å²) in [6.07, 6.45) is 0.359. The number of aliphatic carboxylic acids is 1. The topological polar surface area (TPSA) is 95.1 Å². The van der Waals surface area contributed by atoms with E-state index >= 15 is 0 Å². The van der Waals surface area contributed by atoms with Gasteiger partial charge in [0.25, 0.3) is 5.91 Å². The van der Waals surface area contributed by atoms with Crippen LogP contribution in [0.3, 0.4) is 0 Å². The number of carboxylic acids is 1. The van der Waals surface area contributed by atoms with E-state index in [1.807, 2.05) is 48.5 Å². The average molecular weight is 323 g/mol. The van der Waals surface area contributed by atoms with Gasteiger partial charge in [-0.3, -0.25) is 14.7 Å². The van der Waals surface area contributed by atoms with Crippen LogP contribution in [0, 0.1) is 5.92 Å². The van der Waals surface area contributed by atoms with Crippen molar-refractivity contribution in [2.75, 3.05) is 6.54 Å². The minimum atomic E-state index is -0.939. The summed E-state index contributed by atoms with van der Waals surface area (Å²) in [6, 6.07) is 16.7. The number of aromatic amines is 1. The smallest absolute Gasteiger partial charge is 0.308 e. The molecule has 0 aliphatic carbocycles. The van der Waals surface area contributed by atoms with Gasteiger partial charge >= 0.3 is 5.97 Å². The Kier molecular flexibility index (Phi) is 4.56. The predicted octanol–water partition coefficient (Wildman–Crippen LogP) is 2.24. The van der Waals surface area contributed by atoms with E-state index in [2.05, 4.69) is 15.5 Å². The number of carbonyl (C=O) groups excluding carboxylic acids is 1. The van der Waals surface area contributed by atoms with Crippen LogP contribution in [0.15, 0.2) is 54.6 Å². The van der Waals surface area contributed by atoms with Crippen LogP contribution in [0.25, 0.3) is 10.9 Å². The summed E-state index contributed by atoms with van der Waals surface area (Å²) in [5.74, 6) is -2.01. The molecule has 0 fully saturated rings. The van der Waals surface area contributed by atoms with E-state index in [0.29, 0.717) is 11.8 Å². The lowest BCUT2D eigenvalue weighted by Gasteiger charge is -2.13. The molecular formula is C18H17N3O3. The molecule has 0 radical (unpaired) electrons. The molecule has 2 aromatic carbocycles. The highest BCUT2D eigenvalue weighted by molar-refractivity contribution is 6.04. The van der Waals surface area contributed by atoms with Crippen molar-refractivity contribution < 1.29 is 14.7 Å². The van der Waals surface area contributed by atoms with Crippen molar-refractivity contribution in [2.45, 2.75) is 6.42 Å². The quantitative estimate of drug-likeness (QED) is 0.648. The fourth-order valence-corrected chi connectivity index (χ4v) is 2.58. The highest BCUT2D eigenvalue weighted by Gasteiger charge is 2.21. The Labute approximate surface area is 138 Å². The number of aromatic nitrogens is 2. The van der Waals surface area contributed by atoms with Crippen molar-refractivity contribution >= 4 is 22.8 Å². The minimum Gasteiger partial charge on any atom is -0.481 e. The Morgan fingerprint density at radius 3 is 2.54 bits per heavy atom. The number of nitrogens with one attached hydrogen (secondary N) is 2. The summed E-state index contributed by atoms with van der Waals surface area (Å²) in [7, 11) is 0. The third kappa shape index (κ3) is 3.43. The zero-order valence-corrected chi connectivity index (χ0v) is 12.9. The molecule has 1 atom stereocenters. The van der Waals surface area contributed by atoms with Crippen LogP contribution < -0.4 is 5.32 Å². The van der Waals surface area contributed by atoms with Gasteiger partial charge in [0.1, 0.15) is 0 Å². The number of nitrogens with zero attached hydrogens (tertiary/aromatic N) is 1. The fourth-order valence-electron chi connectivity index (χ4n) is 2.58. The van der Waals surface area contributed by atoms with Crippen molar-refractivity contribution in [3.05, 3.63) is 65.9 Å². The molecule has 0 aliphatic rings. The zero-order chi connectivity index (χ0) is 16.9. The van der Waals surface area contributed by atoms with Gasteiger partial charge in [0, 0.05) is 11.9 Å². The lowest BCUT2D eigenvalue weighted by atomic mass is 9.99. The van der Waals surface area contributed by atoms with Gasteiger partial charge in [-0.25, -0.2) is 0 Å². The van der Waals surface area contributed by atoms with E-state index in [1.54, 1.807) is 6.07 Å². The van der Waals surface area contributed by atoms with Crippen molar-refractivity contribution in [3.8, 4) is 0 Å². The molecule has 3 rings (SSSR count). The minimum absolute atomic E-state index is 0.0459. The Morgan fingerprint density at radius 1 is 1.08 bits per heavy atom. The molecule has 24 heavy (non-hydrogen) atoms. The number of hydrogen-bond donors (Lipinski definition) is 3. The third-order valence-corrected chi connectivity index (χ3v) is 3.87. The number of hydrogen-bond acceptors (Lipinski definition) is 3. The van der Waals surface area contributed by atoms with Gasteiger partial charge in [-0.15, -0.1) is 0 Å². The summed E-state index contributed by atoms with van der Waals surface area (Å²) in [5.41, 5.74) is 1.96. The summed E-state index contributed by atoms with van der Waals surface area (Å²) < 4.78 is 0. The summed E-state index contributed by atoms with van der Waals surface area (Å²) in [6.45, 7) is 0.0459. The van der Waals surface area contributed by atoms with Crippen LogP contribution >= 0.6 is 0 Å². The molecule has 0 saturated carbocycles. The molecule has 1 heterocycles. The number of H-pyrrole nitrogens is 1. The molecule has 6 nitrogen and oxygen atoms in total. The Balaban J connectivity index is 1.68. The number of para-hydroxylation sites is 1. The van der Waals surface area contributed by atoms with Crippen LogP contribution in [0.5, 0.6) is 0 Å². The van der Waals surface area contributed by atoms with Gasteiger partial charge in [0.05, 0.1) is 11.4 Å². The molecule has 0 aliphatic heterocycles. The van der Waals surface area contributed by atoms with Crippen LogP contribution in [-0.2, 0) is 11.2 Å². The molecule has 3 N–H and O–H groups in total. The van der Waals surface area contributed by atoms with Gasteiger partial charge < -0.3 is 10.4 Å². The van der Waals surface area contributed by atoms with Crippen molar-refractivity contribution in [1.82, 2.24) is 15.5 Å². The molecule has 1 amide bonds. The maximum absolute atomic E-state index is 12.3. The van der Waals surface area contributed by atoms with Gasteiger partial charge in [0.2, 0.25) is 0 Å². The monoisotopic (exact) mass is 323 g/mol. The van der Waals surface area contributed by atoms with Crippen molar-refractivity contribution in [3.63, 3.8) is 0 Å². The Bertz CT molecular complexity index is 858. The molecule has 122 valence electrons. The molecule has 0 spiro atoms. The van der Waals surface area contributed by atoms with Gasteiger partial charge in [-0.05, 0) is 18.1 Å². The molecule has 1 aromatic heterocycles. The Hall–Kier alpha value is -3.15. The first-order chi connectivity index (χ1) is 11.6. The molecule has 0 bridgehead atoms. The average Bonchev–Trinajstić information content (AvgIpc) is 3.03. The standard InChI is InChI=1S/C18H17N3O3/c22-17(16-14-8-4-5-9-15(14)20-21-16)19-11-13(18(23)24)10-12-6-2-1-3-7-12/h1-9,13H,10-11H2,(H,19,22)(H,20,21)(H,23,24). The number of amides is 1. The van der Waals surface area contributed by atoms with Crippen LogP contribution in [0.4, 0.5) is 0 Å². The Morgan fingerprint density at radius 2 is 1.79 bits per heavy atom. The normalized spacial score (nSPS) is 12.0. The molecule has 3 aromatic rings. The predicted molar refractivity (Wildman–Crippen MR) is 89.7 cm³/mol. The number of carbonyl (C=O) groups is 2. The lowest BCUT2D eigenvalue weighted by Crippen LogP contribution is -2.34. The van der Waals surface area contributed by atoms with Crippen LogP contribution in [0.2, 0.25) is 0 Å². The first-order valence-corrected chi connectivity index (χ1v) is 7.63. The molecule has 1 unspecified atom stereocenters. The second kappa shape index (κ2) is 6.95. The second-order valence-electron chi connectivity index (χ2n) is 5.55. The van der Waals surface area contributed by atoms with Crippen molar-refractivity contribution in [2.24, 2.45) is 5.92 Å². The number of fused-ring (bicyclic) bond motifs is 1. The number of benzene rings is 2. The summed E-state index contributed by atoms with van der Waals surface area (Å²) >= 11 is 0. The number of rotatable bonds is 6. The largest absolute Gasteiger partial charge is 0.481 e. The van der Waals surface area contributed by atoms with Gasteiger partial charge in [-0.2, -0.15) is 5.10 Å². The SMILES string of the molecule is O=C(NCC(Cc1ccccc1)C(=O)O)c1n[nH]c2ccccc12. The summed E-state index contributed by atoms with van der Waals surface area (Å²) in [5, 5.41) is 19.6. The first-order valence-electron chi connectivity index (χ1n) is 7.63. The maximum atomic E-state index is 12.3. The van der Waals surface area contributed by atoms with E-state index in [1.165, 1.54) is 0 Å². The van der Waals surface area contributed by atoms with E-state index in [4.69, 9.17) is 0 Å². The van der Waals surface area contributed by atoms with E-state index in [9.17, 15) is 14.7 Å². The zero-order valence-electron chi connectivity index (χ0n) is 12.9. The summed E-state index contributed by atoms with van der Waals surface area (Å²) in [4.78, 5) is 23.8. The highest BCUT2D eigenvalue weighted by Crippen LogP contribution is 2.15. The van der Waals surface area contributed by atoms with E-state index in [0.717, 1.165) is 11.1 Å². The maximum Gasteiger partial charge on any atom is 0.308 e. The highest BCUT2D eigenvalue weighted by atomic mass is 16.4. The van der Waals surface area contributed by atoms with Gasteiger partial charge in [0.15, 0.2) is 5.69 Å². The molecule has 0 saturated heterocycles. The second-order valence-corrected chi connectivity index (χ2v) is 5.55. The number of carboxylic acid groups (broad SMARTS) is 1. The fraction of sp³-hybridized carbons (Fsp3) is 0.167. The van der Waals surface area contributed by atoms with Crippen LogP contribution in [0.1, 0.15) is 16.1 Å². The van der Waals surface area contributed by atoms with Crippen molar-refractivity contribution in [1.29, 1.82) is 0 Å². The van der Waals surface area contributed by atoms with E-state index < -0.39 is 11.9 Å².